The summed E-state index contributed by atoms with van der Waals surface area (Å²) in [6.45, 7) is 3.71. The molecule has 1 heterocycles. The van der Waals surface area contributed by atoms with Gasteiger partial charge in [-0.3, -0.25) is 5.32 Å². The largest absolute Gasteiger partial charge is 0.331 e. The minimum atomic E-state index is -0.275. The summed E-state index contributed by atoms with van der Waals surface area (Å²) in [4.78, 5) is 15.8. The van der Waals surface area contributed by atoms with Gasteiger partial charge in [0.15, 0.2) is 0 Å². The number of aryl methyl sites for hydroxylation is 1. The number of carbonyl (C=O) groups excluding carboxylic acids is 1. The lowest BCUT2D eigenvalue weighted by molar-refractivity contribution is 0.249. The Hall–Kier alpha value is -1.95. The van der Waals surface area contributed by atoms with Gasteiger partial charge < -0.3 is 5.32 Å². The first-order valence-corrected chi connectivity index (χ1v) is 6.35. The average Bonchev–Trinajstić information content (AvgIpc) is 2.75. The number of anilines is 1. The third-order valence-corrected chi connectivity index (χ3v) is 3.12. The zero-order chi connectivity index (χ0) is 13.0. The summed E-state index contributed by atoms with van der Waals surface area (Å²) in [5, 5.41) is 6.01. The Balaban J connectivity index is 1.92. The summed E-state index contributed by atoms with van der Waals surface area (Å²) in [6.07, 6.45) is 0. The van der Waals surface area contributed by atoms with Gasteiger partial charge in [-0.05, 0) is 19.4 Å². The van der Waals surface area contributed by atoms with E-state index in [9.17, 15) is 4.79 Å². The predicted octanol–water partition coefficient (Wildman–Crippen LogP) is 2.73. The van der Waals surface area contributed by atoms with Crippen molar-refractivity contribution in [2.75, 3.05) is 5.32 Å². The maximum absolute atomic E-state index is 11.7. The highest BCUT2D eigenvalue weighted by Crippen LogP contribution is 2.13. The van der Waals surface area contributed by atoms with Crippen LogP contribution < -0.4 is 10.6 Å². The zero-order valence-corrected chi connectivity index (χ0v) is 11.0. The molecular weight excluding hydrogens is 248 g/mol. The molecule has 1 aromatic heterocycles. The van der Waals surface area contributed by atoms with Crippen LogP contribution in [0.4, 0.5) is 9.93 Å². The zero-order valence-electron chi connectivity index (χ0n) is 10.2. The van der Waals surface area contributed by atoms with E-state index in [-0.39, 0.29) is 12.1 Å². The number of nitrogens with zero attached hydrogens (tertiary/aromatic N) is 2. The van der Waals surface area contributed by atoms with Crippen molar-refractivity contribution in [2.45, 2.75) is 19.9 Å². The molecule has 0 radical (unpaired) electrons. The van der Waals surface area contributed by atoms with Gasteiger partial charge >= 0.3 is 6.03 Å². The first-order valence-electron chi connectivity index (χ1n) is 5.58. The molecule has 94 valence electrons. The molecule has 0 aliphatic carbocycles. The molecule has 6 heteroatoms. The van der Waals surface area contributed by atoms with Gasteiger partial charge in [0.05, 0.1) is 6.04 Å². The van der Waals surface area contributed by atoms with E-state index in [1.165, 1.54) is 11.5 Å². The van der Waals surface area contributed by atoms with E-state index in [1.54, 1.807) is 6.92 Å². The lowest BCUT2D eigenvalue weighted by atomic mass is 10.1. The van der Waals surface area contributed by atoms with Crippen molar-refractivity contribution in [1.29, 1.82) is 0 Å². The van der Waals surface area contributed by atoms with Crippen LogP contribution >= 0.6 is 11.5 Å². The first kappa shape index (κ1) is 12.5. The fraction of sp³-hybridized carbons (Fsp3) is 0.250. The van der Waals surface area contributed by atoms with Gasteiger partial charge in [-0.1, -0.05) is 30.3 Å². The number of hydrogen-bond acceptors (Lipinski definition) is 4. The summed E-state index contributed by atoms with van der Waals surface area (Å²) in [7, 11) is 0. The van der Waals surface area contributed by atoms with Gasteiger partial charge in [-0.2, -0.15) is 4.37 Å². The second-order valence-electron chi connectivity index (χ2n) is 3.88. The molecule has 0 unspecified atom stereocenters. The predicted molar refractivity (Wildman–Crippen MR) is 71.7 cm³/mol. The van der Waals surface area contributed by atoms with Crippen LogP contribution in [0.5, 0.6) is 0 Å². The van der Waals surface area contributed by atoms with Gasteiger partial charge in [0.1, 0.15) is 5.82 Å². The molecule has 0 saturated carbocycles. The molecule has 2 amide bonds. The van der Waals surface area contributed by atoms with E-state index in [0.717, 1.165) is 5.56 Å². The molecule has 0 fully saturated rings. The van der Waals surface area contributed by atoms with E-state index < -0.39 is 0 Å². The number of urea groups is 1. The Morgan fingerprint density at radius 2 is 2.06 bits per heavy atom. The quantitative estimate of drug-likeness (QED) is 0.893. The number of nitrogens with one attached hydrogen (secondary N) is 2. The highest BCUT2D eigenvalue weighted by Gasteiger charge is 2.10. The van der Waals surface area contributed by atoms with E-state index >= 15 is 0 Å². The fourth-order valence-corrected chi connectivity index (χ4v) is 2.07. The van der Waals surface area contributed by atoms with Crippen LogP contribution in [0, 0.1) is 6.92 Å². The van der Waals surface area contributed by atoms with Crippen LogP contribution in [0.2, 0.25) is 0 Å². The van der Waals surface area contributed by atoms with Crippen molar-refractivity contribution in [1.82, 2.24) is 14.7 Å². The van der Waals surface area contributed by atoms with Crippen LogP contribution in [0.1, 0.15) is 24.4 Å². The first-order chi connectivity index (χ1) is 8.65. The van der Waals surface area contributed by atoms with Gasteiger partial charge in [0.25, 0.3) is 0 Å². The lowest BCUT2D eigenvalue weighted by Crippen LogP contribution is -2.31. The fourth-order valence-electron chi connectivity index (χ4n) is 1.50. The van der Waals surface area contributed by atoms with Crippen molar-refractivity contribution < 1.29 is 4.79 Å². The van der Waals surface area contributed by atoms with Gasteiger partial charge in [-0.25, -0.2) is 9.78 Å². The number of benzene rings is 1. The highest BCUT2D eigenvalue weighted by molar-refractivity contribution is 7.09. The molecule has 0 aliphatic rings. The Bertz CT molecular complexity index is 526. The van der Waals surface area contributed by atoms with E-state index in [4.69, 9.17) is 0 Å². The number of rotatable bonds is 3. The second-order valence-corrected chi connectivity index (χ2v) is 4.63. The summed E-state index contributed by atoms with van der Waals surface area (Å²) >= 11 is 1.17. The minimum absolute atomic E-state index is 0.0554. The van der Waals surface area contributed by atoms with Crippen LogP contribution in [-0.2, 0) is 0 Å². The second kappa shape index (κ2) is 5.59. The molecule has 18 heavy (non-hydrogen) atoms. The normalized spacial score (nSPS) is 11.9. The van der Waals surface area contributed by atoms with Crippen molar-refractivity contribution in [3.05, 3.63) is 41.7 Å². The maximum Gasteiger partial charge on any atom is 0.321 e. The highest BCUT2D eigenvalue weighted by atomic mass is 32.1. The van der Waals surface area contributed by atoms with Crippen molar-refractivity contribution in [3.8, 4) is 0 Å². The van der Waals surface area contributed by atoms with Crippen LogP contribution in [0.15, 0.2) is 30.3 Å². The molecule has 5 nitrogen and oxygen atoms in total. The average molecular weight is 262 g/mol. The maximum atomic E-state index is 11.7. The summed E-state index contributed by atoms with van der Waals surface area (Å²) in [5.74, 6) is 0.659. The molecule has 2 aromatic rings. The Morgan fingerprint density at radius 3 is 2.67 bits per heavy atom. The van der Waals surface area contributed by atoms with E-state index in [0.29, 0.717) is 11.0 Å². The van der Waals surface area contributed by atoms with Gasteiger partial charge in [-0.15, -0.1) is 0 Å². The molecule has 1 aromatic carbocycles. The topological polar surface area (TPSA) is 66.9 Å². The van der Waals surface area contributed by atoms with Crippen LogP contribution in [0.3, 0.4) is 0 Å². The van der Waals surface area contributed by atoms with E-state index in [1.807, 2.05) is 37.3 Å². The summed E-state index contributed by atoms with van der Waals surface area (Å²) in [5.41, 5.74) is 1.06. The number of carbonyl (C=O) groups is 1. The lowest BCUT2D eigenvalue weighted by Gasteiger charge is -2.13. The Labute approximate surface area is 109 Å². The third kappa shape index (κ3) is 3.27. The summed E-state index contributed by atoms with van der Waals surface area (Å²) < 4.78 is 4.00. The molecule has 0 aliphatic heterocycles. The van der Waals surface area contributed by atoms with Gasteiger partial charge in [0.2, 0.25) is 5.13 Å². The van der Waals surface area contributed by atoms with Crippen LogP contribution in [0.25, 0.3) is 0 Å². The standard InChI is InChI=1S/C12H14N4OS/c1-8(10-6-4-3-5-7-10)13-11(17)15-12-14-9(2)16-18-12/h3-8H,1-2H3,(H2,13,14,15,16,17)/t8-/m0/s1. The molecule has 0 bridgehead atoms. The molecule has 1 atom stereocenters. The molecule has 2 rings (SSSR count). The van der Waals surface area contributed by atoms with Crippen molar-refractivity contribution in [2.24, 2.45) is 0 Å². The Morgan fingerprint density at radius 1 is 1.33 bits per heavy atom. The summed E-state index contributed by atoms with van der Waals surface area (Å²) in [6, 6.07) is 9.45. The Kier molecular flexibility index (Phi) is 3.88. The monoisotopic (exact) mass is 262 g/mol. The smallest absolute Gasteiger partial charge is 0.321 e. The van der Waals surface area contributed by atoms with Gasteiger partial charge in [0, 0.05) is 11.5 Å². The van der Waals surface area contributed by atoms with E-state index in [2.05, 4.69) is 20.0 Å². The minimum Gasteiger partial charge on any atom is -0.331 e. The number of amides is 2. The molecule has 2 N–H and O–H groups in total. The van der Waals surface area contributed by atoms with Crippen molar-refractivity contribution >= 4 is 22.7 Å². The molecule has 0 spiro atoms. The number of aromatic nitrogens is 2. The number of hydrogen-bond donors (Lipinski definition) is 2. The molecular formula is C12H14N4OS. The SMILES string of the molecule is Cc1nsc(NC(=O)N[C@@H](C)c2ccccc2)n1. The van der Waals surface area contributed by atoms with Crippen LogP contribution in [-0.4, -0.2) is 15.4 Å². The molecule has 0 saturated heterocycles. The van der Waals surface area contributed by atoms with Crippen molar-refractivity contribution in [3.63, 3.8) is 0 Å². The third-order valence-electron chi connectivity index (χ3n) is 2.40.